The van der Waals surface area contributed by atoms with Crippen molar-refractivity contribution in [2.75, 3.05) is 0 Å². The molecule has 5 nitrogen and oxygen atoms in total. The van der Waals surface area contributed by atoms with E-state index in [9.17, 15) is 18.4 Å². The van der Waals surface area contributed by atoms with Gasteiger partial charge in [-0.25, -0.2) is 9.59 Å². The molecule has 0 aliphatic heterocycles. The number of rotatable bonds is 6. The summed E-state index contributed by atoms with van der Waals surface area (Å²) in [7, 11) is 0. The van der Waals surface area contributed by atoms with Crippen molar-refractivity contribution in [3.8, 4) is 11.5 Å². The Morgan fingerprint density at radius 1 is 1.14 bits per heavy atom. The van der Waals surface area contributed by atoms with Crippen LogP contribution in [0.25, 0.3) is 0 Å². The first-order valence-corrected chi connectivity index (χ1v) is 5.87. The van der Waals surface area contributed by atoms with Crippen LogP contribution in [-0.2, 0) is 14.3 Å². The third-order valence-electron chi connectivity index (χ3n) is 2.16. The quantitative estimate of drug-likeness (QED) is 0.350. The summed E-state index contributed by atoms with van der Waals surface area (Å²) in [6.07, 6.45) is 2.57. The Kier molecular flexibility index (Phi) is 6.00. The molecular formula is C15H12F2O5. The Morgan fingerprint density at radius 3 is 2.32 bits per heavy atom. The predicted molar refractivity (Wildman–Crippen MR) is 72.9 cm³/mol. The Hall–Kier alpha value is -2.96. The summed E-state index contributed by atoms with van der Waals surface area (Å²) in [4.78, 5) is 22.0. The summed E-state index contributed by atoms with van der Waals surface area (Å²) >= 11 is 0. The van der Waals surface area contributed by atoms with Gasteiger partial charge in [-0.05, 0) is 19.1 Å². The molecule has 1 aromatic rings. The van der Waals surface area contributed by atoms with Gasteiger partial charge in [-0.3, -0.25) is 0 Å². The van der Waals surface area contributed by atoms with Crippen LogP contribution in [0.2, 0.25) is 0 Å². The summed E-state index contributed by atoms with van der Waals surface area (Å²) in [6.45, 7) is 7.85. The van der Waals surface area contributed by atoms with E-state index in [1.54, 1.807) is 0 Å². The highest BCUT2D eigenvalue weighted by molar-refractivity contribution is 5.88. The van der Waals surface area contributed by atoms with Crippen LogP contribution in [0, 0.1) is 11.6 Å². The van der Waals surface area contributed by atoms with Crippen LogP contribution in [0.4, 0.5) is 8.78 Å². The summed E-state index contributed by atoms with van der Waals surface area (Å²) in [5, 5.41) is 0. The average Bonchev–Trinajstić information content (AvgIpc) is 2.49. The molecule has 0 amide bonds. The van der Waals surface area contributed by atoms with Crippen molar-refractivity contribution >= 4 is 11.9 Å². The van der Waals surface area contributed by atoms with Gasteiger partial charge in [0.05, 0.1) is 0 Å². The Morgan fingerprint density at radius 2 is 1.73 bits per heavy atom. The van der Waals surface area contributed by atoms with Crippen molar-refractivity contribution in [2.24, 2.45) is 0 Å². The van der Waals surface area contributed by atoms with E-state index in [4.69, 9.17) is 4.74 Å². The molecule has 0 aliphatic rings. The lowest BCUT2D eigenvalue weighted by Gasteiger charge is -2.08. The van der Waals surface area contributed by atoms with E-state index in [2.05, 4.69) is 22.6 Å². The predicted octanol–water partition coefficient (Wildman–Crippen LogP) is 3.03. The molecule has 0 unspecified atom stereocenters. The maximum Gasteiger partial charge on any atom is 0.338 e. The van der Waals surface area contributed by atoms with Crippen LogP contribution in [0.3, 0.4) is 0 Å². The molecule has 0 atom stereocenters. The molecule has 0 aliphatic carbocycles. The summed E-state index contributed by atoms with van der Waals surface area (Å²) in [6, 6.07) is 2.05. The van der Waals surface area contributed by atoms with Crippen molar-refractivity contribution in [3.05, 3.63) is 61.1 Å². The van der Waals surface area contributed by atoms with Crippen molar-refractivity contribution in [2.45, 2.75) is 6.92 Å². The van der Waals surface area contributed by atoms with E-state index in [1.807, 2.05) is 0 Å². The van der Waals surface area contributed by atoms with Crippen LogP contribution in [0.15, 0.2) is 49.5 Å². The second-order valence-electron chi connectivity index (χ2n) is 3.89. The lowest BCUT2D eigenvalue weighted by molar-refractivity contribution is -0.132. The lowest BCUT2D eigenvalue weighted by Crippen LogP contribution is -2.10. The summed E-state index contributed by atoms with van der Waals surface area (Å²) in [5.41, 5.74) is 0.0344. The molecule has 1 aromatic carbocycles. The molecule has 0 heterocycles. The zero-order chi connectivity index (χ0) is 16.7. The first-order chi connectivity index (χ1) is 10.4. The van der Waals surface area contributed by atoms with Gasteiger partial charge >= 0.3 is 11.9 Å². The Bertz CT molecular complexity index is 650. The van der Waals surface area contributed by atoms with Gasteiger partial charge in [0.25, 0.3) is 0 Å². The molecule has 0 saturated carbocycles. The second-order valence-corrected chi connectivity index (χ2v) is 3.89. The van der Waals surface area contributed by atoms with Gasteiger partial charge < -0.3 is 14.2 Å². The number of carbonyl (C=O) groups is 2. The Balaban J connectivity index is 2.81. The van der Waals surface area contributed by atoms with Crippen LogP contribution >= 0.6 is 0 Å². The molecule has 7 heteroatoms. The van der Waals surface area contributed by atoms with Crippen molar-refractivity contribution in [1.29, 1.82) is 0 Å². The maximum atomic E-state index is 13.7. The molecule has 0 N–H and O–H groups in total. The van der Waals surface area contributed by atoms with Gasteiger partial charge in [0.1, 0.15) is 12.5 Å². The molecule has 0 aromatic heterocycles. The normalized spacial score (nSPS) is 10.1. The van der Waals surface area contributed by atoms with Crippen molar-refractivity contribution in [3.63, 3.8) is 0 Å². The van der Waals surface area contributed by atoms with E-state index >= 15 is 0 Å². The molecule has 0 bridgehead atoms. The van der Waals surface area contributed by atoms with Crippen molar-refractivity contribution in [1.82, 2.24) is 0 Å². The molecule has 0 fully saturated rings. The number of halogens is 2. The second kappa shape index (κ2) is 7.72. The van der Waals surface area contributed by atoms with E-state index < -0.39 is 35.1 Å². The van der Waals surface area contributed by atoms with Crippen LogP contribution in [-0.4, -0.2) is 11.9 Å². The summed E-state index contributed by atoms with van der Waals surface area (Å²) in [5.74, 6) is -5.48. The molecule has 22 heavy (non-hydrogen) atoms. The molecule has 116 valence electrons. The molecular weight excluding hydrogens is 298 g/mol. The minimum Gasteiger partial charge on any atom is -0.459 e. The zero-order valence-electron chi connectivity index (χ0n) is 11.6. The van der Waals surface area contributed by atoms with Gasteiger partial charge in [-0.2, -0.15) is 8.78 Å². The summed E-state index contributed by atoms with van der Waals surface area (Å²) < 4.78 is 41.2. The third-order valence-corrected chi connectivity index (χ3v) is 2.16. The van der Waals surface area contributed by atoms with E-state index in [0.29, 0.717) is 0 Å². The van der Waals surface area contributed by atoms with E-state index in [0.717, 1.165) is 30.7 Å². The molecule has 0 spiro atoms. The Labute approximate surface area is 125 Å². The third kappa shape index (κ3) is 4.55. The monoisotopic (exact) mass is 310 g/mol. The molecule has 0 saturated heterocycles. The highest BCUT2D eigenvalue weighted by Crippen LogP contribution is 2.28. The van der Waals surface area contributed by atoms with Crippen molar-refractivity contribution < 1.29 is 32.6 Å². The number of esters is 2. The number of hydrogen-bond donors (Lipinski definition) is 0. The van der Waals surface area contributed by atoms with Gasteiger partial charge in [0.15, 0.2) is 11.5 Å². The minimum atomic E-state index is -1.40. The van der Waals surface area contributed by atoms with Crippen LogP contribution in [0.1, 0.15) is 6.92 Å². The SMILES string of the molecule is C=CC(=O)O/C=C\Oc1ccc(OC(=O)C(=C)C)c(F)c1F. The highest BCUT2D eigenvalue weighted by Gasteiger charge is 2.18. The van der Waals surface area contributed by atoms with Gasteiger partial charge in [0.2, 0.25) is 11.6 Å². The van der Waals surface area contributed by atoms with Gasteiger partial charge in [-0.15, -0.1) is 0 Å². The number of benzene rings is 1. The highest BCUT2D eigenvalue weighted by atomic mass is 19.2. The topological polar surface area (TPSA) is 61.8 Å². The lowest BCUT2D eigenvalue weighted by atomic mass is 10.3. The zero-order valence-corrected chi connectivity index (χ0v) is 11.6. The number of ether oxygens (including phenoxy) is 3. The average molecular weight is 310 g/mol. The first-order valence-electron chi connectivity index (χ1n) is 5.87. The van der Waals surface area contributed by atoms with Crippen LogP contribution < -0.4 is 9.47 Å². The van der Waals surface area contributed by atoms with E-state index in [1.165, 1.54) is 6.92 Å². The smallest absolute Gasteiger partial charge is 0.338 e. The van der Waals surface area contributed by atoms with Crippen LogP contribution in [0.5, 0.6) is 11.5 Å². The fraction of sp³-hybridized carbons (Fsp3) is 0.0667. The number of carbonyl (C=O) groups excluding carboxylic acids is 2. The fourth-order valence-corrected chi connectivity index (χ4v) is 1.11. The maximum absolute atomic E-state index is 13.7. The molecule has 0 radical (unpaired) electrons. The largest absolute Gasteiger partial charge is 0.459 e. The minimum absolute atomic E-state index is 0.0344. The molecule has 1 rings (SSSR count). The van der Waals surface area contributed by atoms with Gasteiger partial charge in [0, 0.05) is 11.6 Å². The van der Waals surface area contributed by atoms with E-state index in [-0.39, 0.29) is 5.57 Å². The van der Waals surface area contributed by atoms with Gasteiger partial charge in [-0.1, -0.05) is 13.2 Å². The number of hydrogen-bond acceptors (Lipinski definition) is 5. The fourth-order valence-electron chi connectivity index (χ4n) is 1.11. The first kappa shape index (κ1) is 17.1. The standard InChI is InChI=1S/C15H12F2O5/c1-4-12(18)21-8-7-20-10-5-6-11(14(17)13(10)16)22-15(19)9(2)3/h4-8H,1-2H2,3H3/b8-7-.